The monoisotopic (exact) mass is 455 g/mol. The largest absolute Gasteiger partial charge is 0.467 e. The van der Waals surface area contributed by atoms with E-state index in [0.29, 0.717) is 11.1 Å². The van der Waals surface area contributed by atoms with Crippen molar-refractivity contribution in [3.8, 4) is 0 Å². The molecule has 0 aliphatic heterocycles. The highest BCUT2D eigenvalue weighted by atomic mass is 16.5. The van der Waals surface area contributed by atoms with Crippen LogP contribution in [0.3, 0.4) is 0 Å². The van der Waals surface area contributed by atoms with Crippen molar-refractivity contribution in [2.24, 2.45) is 11.8 Å². The van der Waals surface area contributed by atoms with Gasteiger partial charge in [-0.15, -0.1) is 0 Å². The third kappa shape index (κ3) is 4.79. The van der Waals surface area contributed by atoms with Crippen molar-refractivity contribution < 1.29 is 19.1 Å². The highest BCUT2D eigenvalue weighted by molar-refractivity contribution is 6.03. The molecule has 4 rings (SSSR count). The summed E-state index contributed by atoms with van der Waals surface area (Å²) in [6.45, 7) is 3.68. The van der Waals surface area contributed by atoms with Crippen LogP contribution in [0.5, 0.6) is 0 Å². The van der Waals surface area contributed by atoms with E-state index in [0.717, 1.165) is 11.1 Å². The summed E-state index contributed by atoms with van der Waals surface area (Å²) in [6, 6.07) is 26.2. The third-order valence-corrected chi connectivity index (χ3v) is 6.53. The van der Waals surface area contributed by atoms with Crippen LogP contribution in [0, 0.1) is 11.8 Å². The van der Waals surface area contributed by atoms with Crippen molar-refractivity contribution in [3.63, 3.8) is 0 Å². The molecule has 3 aromatic carbocycles. The summed E-state index contributed by atoms with van der Waals surface area (Å²) in [5.41, 5.74) is 3.29. The molecule has 1 aliphatic rings. The summed E-state index contributed by atoms with van der Waals surface area (Å²) in [5, 5.41) is 2.73. The molecule has 34 heavy (non-hydrogen) atoms. The molecule has 0 saturated heterocycles. The van der Waals surface area contributed by atoms with E-state index in [1.807, 2.05) is 50.2 Å². The van der Waals surface area contributed by atoms with Crippen molar-refractivity contribution in [1.82, 2.24) is 5.32 Å². The smallest absolute Gasteiger partial charge is 0.328 e. The number of nitrogens with one attached hydrogen (secondary N) is 1. The standard InChI is InChI=1S/C29H29NO4/c1-18(2)26(29(33)34-3)30-28(32)22-16-14-21(15-17-22)27(31)25-23(19-10-6-4-7-11-19)24(25)20-12-8-5-9-13-20/h4-18,23-26H,1-3H3,(H,30,32)/t23-,24+,25?,26-/m0/s1. The molecule has 1 unspecified atom stereocenters. The Morgan fingerprint density at radius 2 is 1.21 bits per heavy atom. The number of hydrogen-bond acceptors (Lipinski definition) is 4. The normalized spacial score (nSPS) is 19.8. The summed E-state index contributed by atoms with van der Waals surface area (Å²) in [7, 11) is 1.30. The molecule has 1 amide bonds. The highest BCUT2D eigenvalue weighted by Crippen LogP contribution is 2.61. The predicted octanol–water partition coefficient (Wildman–Crippen LogP) is 4.99. The summed E-state index contributed by atoms with van der Waals surface area (Å²) >= 11 is 0. The number of ketones is 1. The molecule has 3 aromatic rings. The van der Waals surface area contributed by atoms with Gasteiger partial charge < -0.3 is 10.1 Å². The van der Waals surface area contributed by atoms with Gasteiger partial charge in [0.05, 0.1) is 7.11 Å². The number of benzene rings is 3. The molecule has 1 fully saturated rings. The number of esters is 1. The first kappa shape index (κ1) is 23.4. The van der Waals surface area contributed by atoms with Crippen molar-refractivity contribution in [2.45, 2.75) is 31.7 Å². The lowest BCUT2D eigenvalue weighted by Gasteiger charge is -2.19. The third-order valence-electron chi connectivity index (χ3n) is 6.53. The Balaban J connectivity index is 1.52. The Morgan fingerprint density at radius 3 is 1.65 bits per heavy atom. The van der Waals surface area contributed by atoms with E-state index < -0.39 is 12.0 Å². The molecular weight excluding hydrogens is 426 g/mol. The topological polar surface area (TPSA) is 72.5 Å². The van der Waals surface area contributed by atoms with Crippen LogP contribution < -0.4 is 5.32 Å². The van der Waals surface area contributed by atoms with Crippen LogP contribution in [0.15, 0.2) is 84.9 Å². The first-order valence-corrected chi connectivity index (χ1v) is 11.5. The molecule has 1 N–H and O–H groups in total. The molecule has 0 aromatic heterocycles. The van der Waals surface area contributed by atoms with E-state index in [1.54, 1.807) is 24.3 Å². The van der Waals surface area contributed by atoms with Gasteiger partial charge in [0, 0.05) is 28.9 Å². The molecule has 0 spiro atoms. The van der Waals surface area contributed by atoms with Crippen LogP contribution in [0.2, 0.25) is 0 Å². The summed E-state index contributed by atoms with van der Waals surface area (Å²) in [5.74, 6) is -0.783. The minimum absolute atomic E-state index is 0.0734. The van der Waals surface area contributed by atoms with E-state index in [2.05, 4.69) is 29.6 Å². The van der Waals surface area contributed by atoms with Gasteiger partial charge in [-0.05, 0) is 29.2 Å². The van der Waals surface area contributed by atoms with Crippen molar-refractivity contribution in [3.05, 3.63) is 107 Å². The summed E-state index contributed by atoms with van der Waals surface area (Å²) in [6.07, 6.45) is 0. The minimum atomic E-state index is -0.733. The molecular formula is C29H29NO4. The van der Waals surface area contributed by atoms with Gasteiger partial charge in [0.15, 0.2) is 5.78 Å². The van der Waals surface area contributed by atoms with E-state index in [9.17, 15) is 14.4 Å². The number of rotatable bonds is 8. The zero-order valence-corrected chi connectivity index (χ0v) is 19.6. The fourth-order valence-electron chi connectivity index (χ4n) is 4.64. The lowest BCUT2D eigenvalue weighted by Crippen LogP contribution is -2.45. The average molecular weight is 456 g/mol. The van der Waals surface area contributed by atoms with Crippen LogP contribution in [0.1, 0.15) is 57.5 Å². The van der Waals surface area contributed by atoms with Gasteiger partial charge in [0.1, 0.15) is 6.04 Å². The van der Waals surface area contributed by atoms with E-state index >= 15 is 0 Å². The molecule has 5 nitrogen and oxygen atoms in total. The van der Waals surface area contributed by atoms with Crippen molar-refractivity contribution in [2.75, 3.05) is 7.11 Å². The number of hydrogen-bond donors (Lipinski definition) is 1. The van der Waals surface area contributed by atoms with Gasteiger partial charge in [-0.1, -0.05) is 86.6 Å². The Bertz CT molecular complexity index is 1110. The van der Waals surface area contributed by atoms with Crippen LogP contribution >= 0.6 is 0 Å². The second kappa shape index (κ2) is 10.0. The molecule has 0 heterocycles. The fraction of sp³-hybridized carbons (Fsp3) is 0.276. The van der Waals surface area contributed by atoms with Gasteiger partial charge in [0.25, 0.3) is 5.91 Å². The van der Waals surface area contributed by atoms with Gasteiger partial charge in [-0.3, -0.25) is 9.59 Å². The number of carbonyl (C=O) groups is 3. The zero-order chi connectivity index (χ0) is 24.2. The Kier molecular flexibility index (Phi) is 6.92. The maximum atomic E-state index is 13.5. The van der Waals surface area contributed by atoms with Crippen molar-refractivity contribution >= 4 is 17.7 Å². The van der Waals surface area contributed by atoms with E-state index in [1.165, 1.54) is 7.11 Å². The molecule has 1 aliphatic carbocycles. The number of methoxy groups -OCH3 is 1. The quantitative estimate of drug-likeness (QED) is 0.384. The second-order valence-electron chi connectivity index (χ2n) is 9.06. The molecule has 174 valence electrons. The van der Waals surface area contributed by atoms with Crippen LogP contribution in [-0.4, -0.2) is 30.8 Å². The Hall–Kier alpha value is -3.73. The Labute approximate surface area is 200 Å². The van der Waals surface area contributed by atoms with Crippen molar-refractivity contribution in [1.29, 1.82) is 0 Å². The predicted molar refractivity (Wildman–Crippen MR) is 131 cm³/mol. The molecule has 0 bridgehead atoms. The SMILES string of the molecule is COC(=O)[C@@H](NC(=O)c1ccc(C(=O)C2[C@@H](c3ccccc3)[C@H]2c2ccccc2)cc1)C(C)C. The Morgan fingerprint density at radius 1 is 0.735 bits per heavy atom. The molecule has 0 radical (unpaired) electrons. The van der Waals surface area contributed by atoms with Gasteiger partial charge in [0.2, 0.25) is 0 Å². The maximum absolute atomic E-state index is 13.5. The minimum Gasteiger partial charge on any atom is -0.467 e. The first-order valence-electron chi connectivity index (χ1n) is 11.5. The number of ether oxygens (including phenoxy) is 1. The zero-order valence-electron chi connectivity index (χ0n) is 19.6. The highest BCUT2D eigenvalue weighted by Gasteiger charge is 2.55. The van der Waals surface area contributed by atoms with E-state index in [-0.39, 0.29) is 35.4 Å². The molecule has 4 atom stereocenters. The van der Waals surface area contributed by atoms with E-state index in [4.69, 9.17) is 4.74 Å². The second-order valence-corrected chi connectivity index (χ2v) is 9.06. The number of amides is 1. The molecule has 1 saturated carbocycles. The summed E-state index contributed by atoms with van der Waals surface area (Å²) < 4.78 is 4.79. The van der Waals surface area contributed by atoms with Crippen LogP contribution in [0.25, 0.3) is 0 Å². The van der Waals surface area contributed by atoms with Gasteiger partial charge in [-0.2, -0.15) is 0 Å². The lowest BCUT2D eigenvalue weighted by atomic mass is 10.0. The van der Waals surface area contributed by atoms with Crippen LogP contribution in [0.4, 0.5) is 0 Å². The first-order chi connectivity index (χ1) is 16.4. The number of carbonyl (C=O) groups excluding carboxylic acids is 3. The molecule has 5 heteroatoms. The van der Waals surface area contributed by atoms with Crippen LogP contribution in [-0.2, 0) is 9.53 Å². The summed E-state index contributed by atoms with van der Waals surface area (Å²) in [4.78, 5) is 38.1. The lowest BCUT2D eigenvalue weighted by molar-refractivity contribution is -0.144. The van der Waals surface area contributed by atoms with Gasteiger partial charge in [-0.25, -0.2) is 4.79 Å². The fourth-order valence-corrected chi connectivity index (χ4v) is 4.64. The number of Topliss-reactive ketones (excluding diaryl/α,β-unsaturated/α-hetero) is 1. The average Bonchev–Trinajstić information content (AvgIpc) is 3.63. The van der Waals surface area contributed by atoms with Gasteiger partial charge >= 0.3 is 5.97 Å². The maximum Gasteiger partial charge on any atom is 0.328 e.